The summed E-state index contributed by atoms with van der Waals surface area (Å²) in [5.41, 5.74) is 2.20. The van der Waals surface area contributed by atoms with E-state index in [0.717, 1.165) is 50.5 Å². The fourth-order valence-electron chi connectivity index (χ4n) is 5.32. The lowest BCUT2D eigenvalue weighted by molar-refractivity contribution is -0.133. The largest absolute Gasteiger partial charge is 0.478 e. The van der Waals surface area contributed by atoms with Crippen LogP contribution in [0.2, 0.25) is 0 Å². The van der Waals surface area contributed by atoms with Crippen LogP contribution >= 0.6 is 0 Å². The molecule has 1 atom stereocenters. The highest BCUT2D eigenvalue weighted by Crippen LogP contribution is 2.52. The number of benzene rings is 2. The van der Waals surface area contributed by atoms with Gasteiger partial charge in [-0.1, -0.05) is 18.6 Å². The average molecular weight is 435 g/mol. The van der Waals surface area contributed by atoms with Crippen LogP contribution in [0.25, 0.3) is 0 Å². The molecule has 32 heavy (non-hydrogen) atoms. The van der Waals surface area contributed by atoms with E-state index in [9.17, 15) is 19.1 Å². The Bertz CT molecular complexity index is 1100. The summed E-state index contributed by atoms with van der Waals surface area (Å²) in [7, 11) is 0. The molecule has 166 valence electrons. The van der Waals surface area contributed by atoms with Crippen LogP contribution in [-0.4, -0.2) is 33.3 Å². The van der Waals surface area contributed by atoms with Crippen molar-refractivity contribution in [1.29, 1.82) is 0 Å². The smallest absolute Gasteiger partial charge is 0.335 e. The molecule has 1 spiro atoms. The van der Waals surface area contributed by atoms with Gasteiger partial charge in [0.25, 0.3) is 5.91 Å². The van der Waals surface area contributed by atoms with Crippen molar-refractivity contribution in [3.05, 3.63) is 70.5 Å². The molecule has 6 heteroatoms. The third-order valence-electron chi connectivity index (χ3n) is 7.12. The van der Waals surface area contributed by atoms with Crippen molar-refractivity contribution in [2.45, 2.75) is 63.6 Å². The van der Waals surface area contributed by atoms with E-state index in [1.807, 2.05) is 17.0 Å². The first-order valence-corrected chi connectivity index (χ1v) is 11.4. The summed E-state index contributed by atoms with van der Waals surface area (Å²) in [5.74, 6) is -1.01. The second-order valence-electron chi connectivity index (χ2n) is 9.35. The highest BCUT2D eigenvalue weighted by molar-refractivity contribution is 6.46. The van der Waals surface area contributed by atoms with E-state index in [0.29, 0.717) is 22.8 Å². The number of aromatic carboxylic acids is 1. The SMILES string of the molecule is Cc1cc(C2=NC3(CCCCC3)N([C@@H](c3ccc(C(=O)O)cc3)C3CC3)C2=O)ccc1F. The topological polar surface area (TPSA) is 70.0 Å². The van der Waals surface area contributed by atoms with Gasteiger partial charge in [0, 0.05) is 5.56 Å². The molecule has 5 nitrogen and oxygen atoms in total. The Morgan fingerprint density at radius 1 is 1.12 bits per heavy atom. The zero-order chi connectivity index (χ0) is 22.5. The predicted octanol–water partition coefficient (Wildman–Crippen LogP) is 5.28. The van der Waals surface area contributed by atoms with Crippen LogP contribution in [-0.2, 0) is 4.79 Å². The Morgan fingerprint density at radius 3 is 2.41 bits per heavy atom. The zero-order valence-corrected chi connectivity index (χ0v) is 18.2. The van der Waals surface area contributed by atoms with Crippen molar-refractivity contribution in [3.8, 4) is 0 Å². The molecule has 5 rings (SSSR count). The number of carbonyl (C=O) groups excluding carboxylic acids is 1. The standard InChI is InChI=1S/C26H27FN2O3/c1-16-15-20(11-12-21(16)27)22-24(30)29(26(28-22)13-3-2-4-14-26)23(17-5-6-17)18-7-9-19(10-8-18)25(31)32/h7-12,15,17,23H,2-6,13-14H2,1H3,(H,31,32)/t23-/m1/s1. The quantitative estimate of drug-likeness (QED) is 0.696. The van der Waals surface area contributed by atoms with E-state index in [1.54, 1.807) is 31.2 Å². The van der Waals surface area contributed by atoms with Gasteiger partial charge in [-0.25, -0.2) is 9.18 Å². The number of halogens is 1. The number of hydrogen-bond acceptors (Lipinski definition) is 3. The third-order valence-corrected chi connectivity index (χ3v) is 7.12. The fraction of sp³-hybridized carbons (Fsp3) is 0.423. The minimum Gasteiger partial charge on any atom is -0.478 e. The number of carboxylic acid groups (broad SMARTS) is 1. The Morgan fingerprint density at radius 2 is 1.81 bits per heavy atom. The van der Waals surface area contributed by atoms with E-state index in [-0.39, 0.29) is 23.3 Å². The molecule has 2 aromatic rings. The Labute approximate surface area is 187 Å². The van der Waals surface area contributed by atoms with Crippen LogP contribution in [0.4, 0.5) is 4.39 Å². The van der Waals surface area contributed by atoms with Crippen molar-refractivity contribution in [2.75, 3.05) is 0 Å². The third kappa shape index (κ3) is 3.51. The summed E-state index contributed by atoms with van der Waals surface area (Å²) in [6.45, 7) is 1.70. The normalized spacial score (nSPS) is 21.0. The van der Waals surface area contributed by atoms with Crippen molar-refractivity contribution < 1.29 is 19.1 Å². The average Bonchev–Trinajstić information content (AvgIpc) is 3.59. The molecule has 1 heterocycles. The maximum Gasteiger partial charge on any atom is 0.335 e. The molecule has 1 N–H and O–H groups in total. The minimum absolute atomic E-state index is 0.0999. The molecule has 0 bridgehead atoms. The Kier molecular flexibility index (Phi) is 5.11. The highest BCUT2D eigenvalue weighted by atomic mass is 19.1. The van der Waals surface area contributed by atoms with Gasteiger partial charge in [0.1, 0.15) is 17.2 Å². The molecule has 2 aliphatic carbocycles. The van der Waals surface area contributed by atoms with Gasteiger partial charge in [0.15, 0.2) is 0 Å². The van der Waals surface area contributed by atoms with Gasteiger partial charge < -0.3 is 10.0 Å². The molecular weight excluding hydrogens is 407 g/mol. The van der Waals surface area contributed by atoms with Gasteiger partial charge in [-0.2, -0.15) is 0 Å². The molecular formula is C26H27FN2O3. The first-order valence-electron chi connectivity index (χ1n) is 11.4. The number of carboxylic acids is 1. The molecule has 1 amide bonds. The van der Waals surface area contributed by atoms with Gasteiger partial charge in [-0.05, 0) is 92.8 Å². The van der Waals surface area contributed by atoms with Crippen LogP contribution in [0, 0.1) is 18.7 Å². The van der Waals surface area contributed by atoms with Crippen molar-refractivity contribution in [1.82, 2.24) is 4.90 Å². The molecule has 2 aromatic carbocycles. The van der Waals surface area contributed by atoms with E-state index >= 15 is 0 Å². The summed E-state index contributed by atoms with van der Waals surface area (Å²) in [6.07, 6.45) is 6.87. The molecule has 1 aliphatic heterocycles. The van der Waals surface area contributed by atoms with Crippen molar-refractivity contribution >= 4 is 17.6 Å². The van der Waals surface area contributed by atoms with Crippen LogP contribution < -0.4 is 0 Å². The summed E-state index contributed by atoms with van der Waals surface area (Å²) < 4.78 is 13.9. The Balaban J connectivity index is 1.58. The fourth-order valence-corrected chi connectivity index (χ4v) is 5.32. The molecule has 0 unspecified atom stereocenters. The summed E-state index contributed by atoms with van der Waals surface area (Å²) in [4.78, 5) is 32.3. The minimum atomic E-state index is -0.960. The van der Waals surface area contributed by atoms with Gasteiger partial charge in [-0.15, -0.1) is 0 Å². The van der Waals surface area contributed by atoms with E-state index in [2.05, 4.69) is 0 Å². The summed E-state index contributed by atoms with van der Waals surface area (Å²) >= 11 is 0. The number of aryl methyl sites for hydroxylation is 1. The van der Waals surface area contributed by atoms with Crippen LogP contribution in [0.15, 0.2) is 47.5 Å². The zero-order valence-electron chi connectivity index (χ0n) is 18.2. The van der Waals surface area contributed by atoms with Crippen LogP contribution in [0.3, 0.4) is 0 Å². The van der Waals surface area contributed by atoms with E-state index in [4.69, 9.17) is 4.99 Å². The van der Waals surface area contributed by atoms with E-state index in [1.165, 1.54) is 6.07 Å². The molecule has 3 aliphatic rings. The number of nitrogens with zero attached hydrogens (tertiary/aromatic N) is 2. The lowest BCUT2D eigenvalue weighted by atomic mass is 9.86. The number of aliphatic imine (C=N–C) groups is 1. The van der Waals surface area contributed by atoms with Crippen molar-refractivity contribution in [2.24, 2.45) is 10.9 Å². The van der Waals surface area contributed by atoms with E-state index < -0.39 is 11.6 Å². The van der Waals surface area contributed by atoms with Crippen LogP contribution in [0.1, 0.15) is 78.0 Å². The second-order valence-corrected chi connectivity index (χ2v) is 9.35. The lowest BCUT2D eigenvalue weighted by Crippen LogP contribution is -2.50. The summed E-state index contributed by atoms with van der Waals surface area (Å²) in [6, 6.07) is 11.5. The molecule has 2 saturated carbocycles. The number of amides is 1. The maximum atomic E-state index is 13.9. The first-order chi connectivity index (χ1) is 15.4. The van der Waals surface area contributed by atoms with Gasteiger partial charge in [0.05, 0.1) is 11.6 Å². The summed E-state index contributed by atoms with van der Waals surface area (Å²) in [5, 5.41) is 9.28. The van der Waals surface area contributed by atoms with Crippen molar-refractivity contribution in [3.63, 3.8) is 0 Å². The maximum absolute atomic E-state index is 13.9. The molecule has 0 radical (unpaired) electrons. The van der Waals surface area contributed by atoms with Gasteiger partial charge >= 0.3 is 5.97 Å². The first kappa shape index (κ1) is 20.9. The molecule has 0 saturated heterocycles. The number of hydrogen-bond donors (Lipinski definition) is 1. The van der Waals surface area contributed by atoms with Gasteiger partial charge in [0.2, 0.25) is 0 Å². The second kappa shape index (κ2) is 7.84. The molecule has 2 fully saturated rings. The predicted molar refractivity (Wildman–Crippen MR) is 119 cm³/mol. The Hall–Kier alpha value is -3.02. The monoisotopic (exact) mass is 434 g/mol. The molecule has 0 aromatic heterocycles. The number of rotatable bonds is 5. The highest BCUT2D eigenvalue weighted by Gasteiger charge is 2.53. The van der Waals surface area contributed by atoms with Gasteiger partial charge in [-0.3, -0.25) is 9.79 Å². The number of carbonyl (C=O) groups is 2. The van der Waals surface area contributed by atoms with Crippen LogP contribution in [0.5, 0.6) is 0 Å². The lowest BCUT2D eigenvalue weighted by Gasteiger charge is -2.44.